The van der Waals surface area contributed by atoms with Crippen molar-refractivity contribution in [2.45, 2.75) is 82.4 Å². The fourth-order valence-corrected chi connectivity index (χ4v) is 7.92. The van der Waals surface area contributed by atoms with Gasteiger partial charge < -0.3 is 19.7 Å². The molecule has 5 aliphatic rings. The Hall–Kier alpha value is -1.48. The van der Waals surface area contributed by atoms with E-state index >= 15 is 8.78 Å². The third-order valence-corrected chi connectivity index (χ3v) is 9.18. The minimum atomic E-state index is -2.24. The van der Waals surface area contributed by atoms with Crippen LogP contribution in [-0.4, -0.2) is 63.8 Å². The zero-order chi connectivity index (χ0) is 23.5. The van der Waals surface area contributed by atoms with Gasteiger partial charge in [-0.25, -0.2) is 8.78 Å². The summed E-state index contributed by atoms with van der Waals surface area (Å²) in [7, 11) is 0. The highest BCUT2D eigenvalue weighted by Crippen LogP contribution is 2.72. The lowest BCUT2D eigenvalue weighted by Crippen LogP contribution is -2.71. The van der Waals surface area contributed by atoms with Crippen LogP contribution in [0.4, 0.5) is 8.78 Å². The van der Waals surface area contributed by atoms with Crippen molar-refractivity contribution in [1.29, 1.82) is 0 Å². The number of hydrogen-bond donors (Lipinski definition) is 2. The Bertz CT molecular complexity index is 960. The number of carbonyl (C=O) groups excluding carboxylic acids is 2. The quantitative estimate of drug-likeness (QED) is 0.668. The van der Waals surface area contributed by atoms with E-state index in [-0.39, 0.29) is 24.8 Å². The van der Waals surface area contributed by atoms with E-state index in [0.717, 1.165) is 6.08 Å². The van der Waals surface area contributed by atoms with Crippen molar-refractivity contribution < 1.29 is 38.1 Å². The molecule has 0 radical (unpaired) electrons. The summed E-state index contributed by atoms with van der Waals surface area (Å²) in [6.07, 6.45) is -0.151. The molecule has 176 valence electrons. The highest BCUT2D eigenvalue weighted by Gasteiger charge is 2.80. The Labute approximate surface area is 185 Å². The van der Waals surface area contributed by atoms with Crippen LogP contribution in [0.15, 0.2) is 23.8 Å². The highest BCUT2D eigenvalue weighted by molar-refractivity contribution is 6.01. The van der Waals surface area contributed by atoms with E-state index in [1.165, 1.54) is 19.1 Å². The summed E-state index contributed by atoms with van der Waals surface area (Å²) in [5.74, 6) is -3.53. The van der Waals surface area contributed by atoms with Crippen LogP contribution in [0.3, 0.4) is 0 Å². The number of halogens is 2. The Morgan fingerprint density at radius 1 is 1.22 bits per heavy atom. The van der Waals surface area contributed by atoms with E-state index in [9.17, 15) is 19.8 Å². The summed E-state index contributed by atoms with van der Waals surface area (Å²) in [5.41, 5.74) is -6.30. The van der Waals surface area contributed by atoms with Crippen LogP contribution in [0.25, 0.3) is 0 Å². The van der Waals surface area contributed by atoms with Gasteiger partial charge in [0.05, 0.1) is 12.2 Å². The van der Waals surface area contributed by atoms with Crippen molar-refractivity contribution in [3.8, 4) is 0 Å². The molecule has 0 aromatic rings. The Balaban J connectivity index is 1.66. The summed E-state index contributed by atoms with van der Waals surface area (Å²) in [5, 5.41) is 21.1. The predicted octanol–water partition coefficient (Wildman–Crippen LogP) is 2.37. The maximum absolute atomic E-state index is 17.1. The molecular formula is C24H30F2O6. The Morgan fingerprint density at radius 2 is 1.91 bits per heavy atom. The molecule has 4 fully saturated rings. The standard InChI is InChI=1S/C24H30F2O6/c1-20(2)31-19-9-13-14-8-16(25)15-7-12(28)5-6-21(15,3)23(14,26)17(29)10-22(13,4)24(19,32-20)18(30)11-27/h5-7,13-14,16-17,19,27,29H,8-11H2,1-4H3/t13-,14?,16-,17-,19+,21?,22-,23-,24+/m0/s1. The molecule has 5 rings (SSSR count). The number of carbonyl (C=O) groups is 2. The zero-order valence-electron chi connectivity index (χ0n) is 18.7. The molecule has 0 aromatic carbocycles. The number of ketones is 2. The van der Waals surface area contributed by atoms with Crippen molar-refractivity contribution in [3.05, 3.63) is 23.8 Å². The number of ether oxygens (including phenoxy) is 2. The molecule has 0 spiro atoms. The lowest BCUT2D eigenvalue weighted by Gasteiger charge is -2.63. The Morgan fingerprint density at radius 3 is 2.56 bits per heavy atom. The zero-order valence-corrected chi connectivity index (χ0v) is 18.7. The molecule has 9 atom stereocenters. The molecule has 1 aliphatic heterocycles. The Kier molecular flexibility index (Phi) is 4.42. The number of aliphatic hydroxyl groups excluding tert-OH is 2. The van der Waals surface area contributed by atoms with Crippen LogP contribution in [-0.2, 0) is 19.1 Å². The maximum Gasteiger partial charge on any atom is 0.193 e. The average Bonchev–Trinajstić information content (AvgIpc) is 3.11. The highest BCUT2D eigenvalue weighted by atomic mass is 19.1. The molecule has 0 amide bonds. The molecule has 3 saturated carbocycles. The van der Waals surface area contributed by atoms with Gasteiger partial charge >= 0.3 is 0 Å². The summed E-state index contributed by atoms with van der Waals surface area (Å²) in [4.78, 5) is 25.1. The fraction of sp³-hybridized carbons (Fsp3) is 0.750. The number of alkyl halides is 2. The van der Waals surface area contributed by atoms with Gasteiger partial charge in [0.2, 0.25) is 0 Å². The predicted molar refractivity (Wildman–Crippen MR) is 109 cm³/mol. The van der Waals surface area contributed by atoms with E-state index in [1.54, 1.807) is 20.8 Å². The minimum Gasteiger partial charge on any atom is -0.390 e. The third-order valence-electron chi connectivity index (χ3n) is 9.18. The summed E-state index contributed by atoms with van der Waals surface area (Å²) >= 11 is 0. The van der Waals surface area contributed by atoms with Gasteiger partial charge in [-0.3, -0.25) is 9.59 Å². The molecule has 0 aromatic heterocycles. The number of Topliss-reactive ketones (excluding diaryl/α,β-unsaturated/α-hetero) is 1. The second-order valence-electron chi connectivity index (χ2n) is 11.0. The lowest BCUT2D eigenvalue weighted by atomic mass is 9.44. The maximum atomic E-state index is 17.1. The number of fused-ring (bicyclic) bond motifs is 7. The normalized spacial score (nSPS) is 53.2. The van der Waals surface area contributed by atoms with Crippen LogP contribution in [0, 0.1) is 22.7 Å². The number of rotatable bonds is 2. The largest absolute Gasteiger partial charge is 0.390 e. The van der Waals surface area contributed by atoms with Crippen LogP contribution in [0.1, 0.15) is 47.0 Å². The molecule has 1 saturated heterocycles. The second-order valence-corrected chi connectivity index (χ2v) is 11.0. The molecule has 6 nitrogen and oxygen atoms in total. The van der Waals surface area contributed by atoms with Crippen molar-refractivity contribution in [3.63, 3.8) is 0 Å². The van der Waals surface area contributed by atoms with Crippen molar-refractivity contribution >= 4 is 11.6 Å². The lowest BCUT2D eigenvalue weighted by molar-refractivity contribution is -0.248. The van der Waals surface area contributed by atoms with E-state index in [4.69, 9.17) is 9.47 Å². The fourth-order valence-electron chi connectivity index (χ4n) is 7.92. The van der Waals surface area contributed by atoms with E-state index in [2.05, 4.69) is 0 Å². The summed E-state index contributed by atoms with van der Waals surface area (Å²) < 4.78 is 44.8. The number of aliphatic hydroxyl groups is 2. The van der Waals surface area contributed by atoms with Gasteiger partial charge in [-0.15, -0.1) is 0 Å². The third kappa shape index (κ3) is 2.32. The summed E-state index contributed by atoms with van der Waals surface area (Å²) in [6, 6.07) is 0. The summed E-state index contributed by atoms with van der Waals surface area (Å²) in [6.45, 7) is 5.87. The topological polar surface area (TPSA) is 93.1 Å². The van der Waals surface area contributed by atoms with Gasteiger partial charge in [0.15, 0.2) is 28.6 Å². The molecular weight excluding hydrogens is 422 g/mol. The van der Waals surface area contributed by atoms with Crippen LogP contribution < -0.4 is 0 Å². The van der Waals surface area contributed by atoms with Crippen molar-refractivity contribution in [2.75, 3.05) is 6.61 Å². The molecule has 1 heterocycles. The number of allylic oxidation sites excluding steroid dienone is 4. The van der Waals surface area contributed by atoms with E-state index < -0.39 is 76.3 Å². The van der Waals surface area contributed by atoms with Gasteiger partial charge in [-0.05, 0) is 63.7 Å². The minimum absolute atomic E-state index is 0.0550. The van der Waals surface area contributed by atoms with Gasteiger partial charge in [0, 0.05) is 16.7 Å². The van der Waals surface area contributed by atoms with Gasteiger partial charge in [-0.2, -0.15) is 0 Å². The molecule has 2 unspecified atom stereocenters. The monoisotopic (exact) mass is 452 g/mol. The molecule has 8 heteroatoms. The number of hydrogen-bond acceptors (Lipinski definition) is 6. The first-order valence-corrected chi connectivity index (χ1v) is 11.3. The first-order chi connectivity index (χ1) is 14.8. The molecule has 0 bridgehead atoms. The van der Waals surface area contributed by atoms with Crippen molar-refractivity contribution in [1.82, 2.24) is 0 Å². The first-order valence-electron chi connectivity index (χ1n) is 11.3. The molecule has 2 N–H and O–H groups in total. The molecule has 32 heavy (non-hydrogen) atoms. The van der Waals surface area contributed by atoms with E-state index in [0.29, 0.717) is 0 Å². The van der Waals surface area contributed by atoms with Crippen molar-refractivity contribution in [2.24, 2.45) is 22.7 Å². The first kappa shape index (κ1) is 22.3. The van der Waals surface area contributed by atoms with Gasteiger partial charge in [-0.1, -0.05) is 13.0 Å². The van der Waals surface area contributed by atoms with Gasteiger partial charge in [0.1, 0.15) is 12.8 Å². The van der Waals surface area contributed by atoms with Gasteiger partial charge in [0.25, 0.3) is 0 Å². The average molecular weight is 452 g/mol. The SMILES string of the molecule is CC1(C)O[C@@H]2C[C@H]3C4C[C@H](F)C5=CC(=O)C=CC5(C)[C@@]4(F)[C@@H](O)C[C@]3(C)[C@]2(C(=O)CO)O1. The smallest absolute Gasteiger partial charge is 0.193 e. The second kappa shape index (κ2) is 6.34. The van der Waals surface area contributed by atoms with E-state index in [1.807, 2.05) is 0 Å². The molecule has 4 aliphatic carbocycles. The van der Waals surface area contributed by atoms with Crippen LogP contribution in [0.2, 0.25) is 0 Å². The van der Waals surface area contributed by atoms with Crippen LogP contribution >= 0.6 is 0 Å². The van der Waals surface area contributed by atoms with Crippen LogP contribution in [0.5, 0.6) is 0 Å².